The van der Waals surface area contributed by atoms with E-state index in [4.69, 9.17) is 4.74 Å². The van der Waals surface area contributed by atoms with E-state index in [1.807, 2.05) is 12.1 Å². The van der Waals surface area contributed by atoms with Gasteiger partial charge in [0.1, 0.15) is 5.69 Å². The fourth-order valence-electron chi connectivity index (χ4n) is 8.61. The van der Waals surface area contributed by atoms with E-state index in [1.54, 1.807) is 12.1 Å². The molecule has 3 aromatic carbocycles. The molecule has 0 spiro atoms. The van der Waals surface area contributed by atoms with Crippen molar-refractivity contribution in [1.82, 2.24) is 4.72 Å². The molecular weight excluding hydrogens is 677 g/mol. The zero-order valence-corrected chi connectivity index (χ0v) is 31.0. The SMILES string of the molecule is CC1(C)[C@H]2C=C(c3ccccc3C=C3CCN(c4ccc(C(=O)NS(=O)(=O)c5ccc(NCC6CCOCC6)c([N+](=O)[O-])c5)cc4)CC3)[C@]1(C)CC2. The fourth-order valence-corrected chi connectivity index (χ4v) is 9.61. The Kier molecular flexibility index (Phi) is 9.77. The molecule has 0 aromatic heterocycles. The largest absolute Gasteiger partial charge is 0.381 e. The fraction of sp³-hybridized carbons (Fsp3) is 0.439. The van der Waals surface area contributed by atoms with Gasteiger partial charge in [0.05, 0.1) is 9.82 Å². The molecule has 2 heterocycles. The molecule has 52 heavy (non-hydrogen) atoms. The summed E-state index contributed by atoms with van der Waals surface area (Å²) in [6.07, 6.45) is 11.0. The number of amides is 1. The number of benzene rings is 3. The van der Waals surface area contributed by atoms with Crippen LogP contribution in [0.1, 0.15) is 80.8 Å². The molecule has 2 saturated heterocycles. The number of nitro benzene ring substituents is 1. The highest BCUT2D eigenvalue weighted by Gasteiger charge is 2.57. The summed E-state index contributed by atoms with van der Waals surface area (Å²) in [5.41, 5.74) is 7.04. The number of hydrogen-bond donors (Lipinski definition) is 2. The molecule has 3 aromatic rings. The van der Waals surface area contributed by atoms with Crippen LogP contribution in [0.4, 0.5) is 17.1 Å². The van der Waals surface area contributed by atoms with Crippen molar-refractivity contribution in [3.8, 4) is 0 Å². The number of fused-ring (bicyclic) bond motifs is 2. The van der Waals surface area contributed by atoms with Crippen LogP contribution in [0, 0.1) is 32.8 Å². The van der Waals surface area contributed by atoms with E-state index in [1.165, 1.54) is 47.2 Å². The number of nitrogens with one attached hydrogen (secondary N) is 2. The summed E-state index contributed by atoms with van der Waals surface area (Å²) >= 11 is 0. The Morgan fingerprint density at radius 3 is 2.37 bits per heavy atom. The minimum atomic E-state index is -4.37. The van der Waals surface area contributed by atoms with Crippen molar-refractivity contribution in [2.75, 3.05) is 43.1 Å². The van der Waals surface area contributed by atoms with Gasteiger partial charge < -0.3 is 15.0 Å². The van der Waals surface area contributed by atoms with Crippen LogP contribution in [0.25, 0.3) is 11.6 Å². The maximum absolute atomic E-state index is 13.2. The standard InChI is InChI=1S/C41H48N4O6S/c1-40(2)32-14-19-41(40,3)36(25-32)35-7-5-4-6-31(35)24-28-15-20-44(21-16-28)33-10-8-30(9-11-33)39(46)43-52(49,50)34-12-13-37(38(26-34)45(47)48)42-27-29-17-22-51-23-18-29/h4-13,24-26,29,32,42H,14-23,27H2,1-3H3,(H,43,46)/t32-,41+/m1/s1. The normalized spacial score (nSPS) is 22.9. The molecule has 2 atom stereocenters. The number of nitro groups is 1. The second-order valence-corrected chi connectivity index (χ2v) is 17.2. The maximum atomic E-state index is 13.2. The predicted molar refractivity (Wildman–Crippen MR) is 205 cm³/mol. The third-order valence-corrected chi connectivity index (χ3v) is 13.7. The molecule has 1 saturated carbocycles. The first kappa shape index (κ1) is 35.9. The quantitative estimate of drug-likeness (QED) is 0.159. The molecular formula is C41H48N4O6S. The Morgan fingerprint density at radius 2 is 1.71 bits per heavy atom. The molecule has 0 radical (unpaired) electrons. The average Bonchev–Trinajstić information content (AvgIpc) is 3.49. The molecule has 10 nitrogen and oxygen atoms in total. The van der Waals surface area contributed by atoms with Gasteiger partial charge in [-0.1, -0.05) is 62.8 Å². The predicted octanol–water partition coefficient (Wildman–Crippen LogP) is 8.08. The second-order valence-electron chi connectivity index (χ2n) is 15.5. The minimum absolute atomic E-state index is 0.178. The van der Waals surface area contributed by atoms with Crippen molar-refractivity contribution in [2.45, 2.75) is 64.2 Å². The Hall–Kier alpha value is -4.48. The van der Waals surface area contributed by atoms with Gasteiger partial charge in [0.25, 0.3) is 21.6 Å². The monoisotopic (exact) mass is 724 g/mol. The van der Waals surface area contributed by atoms with Crippen LogP contribution in [0.5, 0.6) is 0 Å². The smallest absolute Gasteiger partial charge is 0.293 e. The zero-order chi connectivity index (χ0) is 36.7. The molecule has 2 N–H and O–H groups in total. The summed E-state index contributed by atoms with van der Waals surface area (Å²) < 4.78 is 33.7. The van der Waals surface area contributed by atoms with Crippen LogP contribution in [-0.4, -0.2) is 52.1 Å². The lowest BCUT2D eigenvalue weighted by Gasteiger charge is -2.38. The summed E-state index contributed by atoms with van der Waals surface area (Å²) in [6.45, 7) is 10.8. The molecule has 4 aliphatic rings. The number of hydrogen-bond acceptors (Lipinski definition) is 8. The first-order valence-electron chi connectivity index (χ1n) is 18.4. The summed E-state index contributed by atoms with van der Waals surface area (Å²) in [5, 5.41) is 14.9. The van der Waals surface area contributed by atoms with Gasteiger partial charge in [0, 0.05) is 50.2 Å². The third kappa shape index (κ3) is 6.88. The number of allylic oxidation sites excluding steroid dienone is 2. The number of carbonyl (C=O) groups is 1. The number of carbonyl (C=O) groups excluding carboxylic acids is 1. The summed E-state index contributed by atoms with van der Waals surface area (Å²) in [6, 6.07) is 19.3. The maximum Gasteiger partial charge on any atom is 0.293 e. The number of anilines is 2. The summed E-state index contributed by atoms with van der Waals surface area (Å²) in [5.74, 6) is 0.141. The summed E-state index contributed by atoms with van der Waals surface area (Å²) in [7, 11) is -4.37. The van der Waals surface area contributed by atoms with E-state index in [2.05, 4.69) is 72.1 Å². The van der Waals surface area contributed by atoms with Crippen molar-refractivity contribution in [2.24, 2.45) is 22.7 Å². The van der Waals surface area contributed by atoms with Crippen LogP contribution < -0.4 is 14.9 Å². The zero-order valence-electron chi connectivity index (χ0n) is 30.2. The molecule has 1 amide bonds. The van der Waals surface area contributed by atoms with Crippen molar-refractivity contribution < 1.29 is 22.9 Å². The van der Waals surface area contributed by atoms with Gasteiger partial charge >= 0.3 is 0 Å². The number of ether oxygens (including phenoxy) is 1. The lowest BCUT2D eigenvalue weighted by molar-refractivity contribution is -0.384. The number of piperidine rings is 1. The first-order valence-corrected chi connectivity index (χ1v) is 19.9. The van der Waals surface area contributed by atoms with Crippen molar-refractivity contribution in [3.05, 3.63) is 105 Å². The van der Waals surface area contributed by atoms with Gasteiger partial charge in [0.15, 0.2) is 0 Å². The van der Waals surface area contributed by atoms with Crippen LogP contribution in [-0.2, 0) is 14.8 Å². The van der Waals surface area contributed by atoms with Gasteiger partial charge in [0.2, 0.25) is 0 Å². The molecule has 7 rings (SSSR count). The number of sulfonamides is 1. The molecule has 0 unspecified atom stereocenters. The Bertz CT molecular complexity index is 2020. The van der Waals surface area contributed by atoms with Crippen LogP contribution in [0.3, 0.4) is 0 Å². The Balaban J connectivity index is 0.971. The van der Waals surface area contributed by atoms with E-state index in [0.29, 0.717) is 31.6 Å². The van der Waals surface area contributed by atoms with E-state index in [-0.39, 0.29) is 32.7 Å². The second kappa shape index (κ2) is 14.2. The molecule has 274 valence electrons. The van der Waals surface area contributed by atoms with E-state index in [0.717, 1.165) is 50.5 Å². The third-order valence-electron chi connectivity index (χ3n) is 12.4. The Morgan fingerprint density at radius 1 is 1.00 bits per heavy atom. The van der Waals surface area contributed by atoms with Crippen LogP contribution in [0.2, 0.25) is 0 Å². The number of rotatable bonds is 10. The van der Waals surface area contributed by atoms with E-state index >= 15 is 0 Å². The average molecular weight is 725 g/mol. The lowest BCUT2D eigenvalue weighted by Crippen LogP contribution is -2.31. The number of nitrogens with zero attached hydrogens (tertiary/aromatic N) is 2. The highest BCUT2D eigenvalue weighted by atomic mass is 32.2. The van der Waals surface area contributed by atoms with Gasteiger partial charge in [-0.3, -0.25) is 14.9 Å². The van der Waals surface area contributed by atoms with Crippen LogP contribution in [0.15, 0.2) is 83.3 Å². The van der Waals surface area contributed by atoms with Gasteiger partial charge in [-0.2, -0.15) is 0 Å². The van der Waals surface area contributed by atoms with Crippen LogP contribution >= 0.6 is 0 Å². The van der Waals surface area contributed by atoms with E-state index < -0.39 is 20.9 Å². The van der Waals surface area contributed by atoms with Crippen molar-refractivity contribution in [1.29, 1.82) is 0 Å². The van der Waals surface area contributed by atoms with Crippen molar-refractivity contribution >= 4 is 44.6 Å². The summed E-state index contributed by atoms with van der Waals surface area (Å²) in [4.78, 5) is 26.2. The molecule has 2 aliphatic heterocycles. The first-order chi connectivity index (χ1) is 24.9. The lowest BCUT2D eigenvalue weighted by atomic mass is 9.66. The van der Waals surface area contributed by atoms with Gasteiger partial charge in [-0.25, -0.2) is 13.1 Å². The van der Waals surface area contributed by atoms with Crippen molar-refractivity contribution in [3.63, 3.8) is 0 Å². The molecule has 2 bridgehead atoms. The minimum Gasteiger partial charge on any atom is -0.381 e. The molecule has 11 heteroatoms. The highest BCUT2D eigenvalue weighted by Crippen LogP contribution is 2.67. The van der Waals surface area contributed by atoms with Gasteiger partial charge in [-0.05, 0) is 114 Å². The topological polar surface area (TPSA) is 131 Å². The highest BCUT2D eigenvalue weighted by molar-refractivity contribution is 7.90. The molecule has 3 fully saturated rings. The van der Waals surface area contributed by atoms with E-state index in [9.17, 15) is 23.3 Å². The Labute approximate surface area is 306 Å². The van der Waals surface area contributed by atoms with Gasteiger partial charge in [-0.15, -0.1) is 0 Å². The molecule has 2 aliphatic carbocycles.